The monoisotopic (exact) mass is 312 g/mol. The first-order valence-corrected chi connectivity index (χ1v) is 7.93. The molecule has 0 bridgehead atoms. The molecule has 1 aromatic carbocycles. The molecule has 4 aromatic rings. The third kappa shape index (κ3) is 1.91. The molecule has 0 saturated heterocycles. The summed E-state index contributed by atoms with van der Waals surface area (Å²) in [5.41, 5.74) is 0.0146. The largest absolute Gasteiger partial charge is 0.277 e. The lowest BCUT2D eigenvalue weighted by molar-refractivity contribution is 1.05. The molecule has 0 spiro atoms. The van der Waals surface area contributed by atoms with Crippen molar-refractivity contribution in [3.63, 3.8) is 0 Å². The number of fused-ring (bicyclic) bond motifs is 2. The molecule has 6 heteroatoms. The molecule has 3 heterocycles. The molecule has 0 atom stereocenters. The third-order valence-electron chi connectivity index (χ3n) is 3.18. The SMILES string of the molecule is O=c1/c(=C/c2cccs2)sc2nc3ccccc3c(=O)n12. The molecule has 4 rings (SSSR count). The average molecular weight is 312 g/mol. The van der Waals surface area contributed by atoms with Gasteiger partial charge in [0.15, 0.2) is 0 Å². The molecule has 4 nitrogen and oxygen atoms in total. The smallest absolute Gasteiger partial charge is 0.268 e. The second-order valence-electron chi connectivity index (χ2n) is 4.48. The third-order valence-corrected chi connectivity index (χ3v) is 4.96. The van der Waals surface area contributed by atoms with E-state index in [0.717, 1.165) is 9.28 Å². The number of hydrogen-bond acceptors (Lipinski definition) is 5. The van der Waals surface area contributed by atoms with Gasteiger partial charge in [0.25, 0.3) is 11.1 Å². The van der Waals surface area contributed by atoms with Crippen LogP contribution in [0, 0.1) is 0 Å². The minimum Gasteiger partial charge on any atom is -0.268 e. The van der Waals surface area contributed by atoms with Crippen molar-refractivity contribution in [2.75, 3.05) is 0 Å². The molecule has 3 aromatic heterocycles. The van der Waals surface area contributed by atoms with Crippen LogP contribution in [0.1, 0.15) is 4.88 Å². The van der Waals surface area contributed by atoms with Crippen LogP contribution in [-0.2, 0) is 0 Å². The van der Waals surface area contributed by atoms with Crippen LogP contribution < -0.4 is 15.7 Å². The van der Waals surface area contributed by atoms with Gasteiger partial charge in [-0.1, -0.05) is 29.5 Å². The van der Waals surface area contributed by atoms with E-state index < -0.39 is 0 Å². The number of benzene rings is 1. The van der Waals surface area contributed by atoms with Crippen LogP contribution in [0.2, 0.25) is 0 Å². The van der Waals surface area contributed by atoms with E-state index in [2.05, 4.69) is 4.98 Å². The van der Waals surface area contributed by atoms with E-state index in [9.17, 15) is 9.59 Å². The summed E-state index contributed by atoms with van der Waals surface area (Å²) in [6, 6.07) is 10.9. The summed E-state index contributed by atoms with van der Waals surface area (Å²) < 4.78 is 1.68. The predicted molar refractivity (Wildman–Crippen MR) is 86.2 cm³/mol. The minimum atomic E-state index is -0.303. The Balaban J connectivity index is 2.16. The molecule has 0 amide bonds. The molecule has 0 aliphatic rings. The maximum Gasteiger partial charge on any atom is 0.277 e. The molecule has 0 N–H and O–H groups in total. The lowest BCUT2D eigenvalue weighted by Gasteiger charge is -1.95. The Kier molecular flexibility index (Phi) is 2.73. The molecular formula is C15H8N2O2S2. The van der Waals surface area contributed by atoms with Gasteiger partial charge in [-0.25, -0.2) is 9.38 Å². The lowest BCUT2D eigenvalue weighted by atomic mass is 10.2. The first-order chi connectivity index (χ1) is 10.2. The van der Waals surface area contributed by atoms with E-state index in [4.69, 9.17) is 0 Å². The fraction of sp³-hybridized carbons (Fsp3) is 0. The summed E-state index contributed by atoms with van der Waals surface area (Å²) >= 11 is 2.79. The topological polar surface area (TPSA) is 51.4 Å². The van der Waals surface area contributed by atoms with Gasteiger partial charge in [0.2, 0.25) is 4.96 Å². The summed E-state index contributed by atoms with van der Waals surface area (Å²) in [6.07, 6.45) is 1.80. The summed E-state index contributed by atoms with van der Waals surface area (Å²) in [7, 11) is 0. The summed E-state index contributed by atoms with van der Waals surface area (Å²) in [5, 5.41) is 2.41. The van der Waals surface area contributed by atoms with Crippen LogP contribution in [-0.4, -0.2) is 9.38 Å². The fourth-order valence-corrected chi connectivity index (χ4v) is 3.90. The highest BCUT2D eigenvalue weighted by molar-refractivity contribution is 7.15. The Morgan fingerprint density at radius 1 is 1.05 bits per heavy atom. The van der Waals surface area contributed by atoms with Crippen molar-refractivity contribution >= 4 is 44.6 Å². The van der Waals surface area contributed by atoms with Gasteiger partial charge >= 0.3 is 0 Å². The summed E-state index contributed by atoms with van der Waals surface area (Å²) in [6.45, 7) is 0. The van der Waals surface area contributed by atoms with Crippen molar-refractivity contribution in [1.29, 1.82) is 0 Å². The number of para-hydroxylation sites is 1. The maximum absolute atomic E-state index is 12.4. The van der Waals surface area contributed by atoms with E-state index in [0.29, 0.717) is 20.4 Å². The molecular weight excluding hydrogens is 304 g/mol. The van der Waals surface area contributed by atoms with E-state index >= 15 is 0 Å². The second kappa shape index (κ2) is 4.61. The van der Waals surface area contributed by atoms with Crippen LogP contribution in [0.5, 0.6) is 0 Å². The van der Waals surface area contributed by atoms with Crippen molar-refractivity contribution in [3.8, 4) is 0 Å². The van der Waals surface area contributed by atoms with Crippen LogP contribution in [0.15, 0.2) is 51.4 Å². The van der Waals surface area contributed by atoms with Gasteiger partial charge < -0.3 is 0 Å². The van der Waals surface area contributed by atoms with Crippen LogP contribution >= 0.6 is 22.7 Å². The summed E-state index contributed by atoms with van der Waals surface area (Å²) in [4.78, 5) is 30.7. The Hall–Kier alpha value is -2.31. The van der Waals surface area contributed by atoms with E-state index in [1.54, 1.807) is 35.6 Å². The Bertz CT molecular complexity index is 1120. The minimum absolute atomic E-state index is 0.299. The highest BCUT2D eigenvalue weighted by atomic mass is 32.1. The van der Waals surface area contributed by atoms with Gasteiger partial charge in [-0.05, 0) is 29.7 Å². The van der Waals surface area contributed by atoms with Crippen LogP contribution in [0.25, 0.3) is 21.9 Å². The normalized spacial score (nSPS) is 12.5. The van der Waals surface area contributed by atoms with Gasteiger partial charge in [-0.3, -0.25) is 9.59 Å². The molecule has 0 radical (unpaired) electrons. The van der Waals surface area contributed by atoms with Crippen molar-refractivity contribution in [2.45, 2.75) is 0 Å². The molecule has 0 saturated carbocycles. The van der Waals surface area contributed by atoms with Gasteiger partial charge in [0, 0.05) is 4.88 Å². The Morgan fingerprint density at radius 3 is 2.71 bits per heavy atom. The number of thiophene rings is 1. The zero-order chi connectivity index (χ0) is 14.4. The van der Waals surface area contributed by atoms with E-state index in [1.807, 2.05) is 23.6 Å². The number of aromatic nitrogens is 2. The zero-order valence-corrected chi connectivity index (χ0v) is 12.3. The molecule has 0 fully saturated rings. The number of rotatable bonds is 1. The van der Waals surface area contributed by atoms with Gasteiger partial charge in [0.1, 0.15) is 0 Å². The number of thiazole rings is 1. The number of nitrogens with zero attached hydrogens (tertiary/aromatic N) is 2. The van der Waals surface area contributed by atoms with Gasteiger partial charge in [-0.15, -0.1) is 11.3 Å². The number of hydrogen-bond donors (Lipinski definition) is 0. The molecule has 21 heavy (non-hydrogen) atoms. The van der Waals surface area contributed by atoms with Crippen LogP contribution in [0.4, 0.5) is 0 Å². The molecule has 0 aliphatic carbocycles. The fourth-order valence-electron chi connectivity index (χ4n) is 2.21. The standard InChI is InChI=1S/C15H8N2O2S2/c18-13-10-5-1-2-6-11(10)16-15-17(13)14(19)12(21-15)8-9-4-3-7-20-9/h1-8H/b12-8-. The Labute approximate surface area is 126 Å². The average Bonchev–Trinajstić information content (AvgIpc) is 3.09. The lowest BCUT2D eigenvalue weighted by Crippen LogP contribution is -2.30. The van der Waals surface area contributed by atoms with Crippen LogP contribution in [0.3, 0.4) is 0 Å². The summed E-state index contributed by atoms with van der Waals surface area (Å²) in [5.74, 6) is 0. The highest BCUT2D eigenvalue weighted by Gasteiger charge is 2.10. The van der Waals surface area contributed by atoms with Crippen molar-refractivity contribution in [2.24, 2.45) is 0 Å². The van der Waals surface area contributed by atoms with E-state index in [1.165, 1.54) is 11.3 Å². The van der Waals surface area contributed by atoms with Crippen molar-refractivity contribution in [3.05, 3.63) is 71.9 Å². The van der Waals surface area contributed by atoms with E-state index in [-0.39, 0.29) is 11.1 Å². The first-order valence-electron chi connectivity index (χ1n) is 6.23. The predicted octanol–water partition coefficient (Wildman–Crippen LogP) is 1.88. The van der Waals surface area contributed by atoms with Crippen molar-refractivity contribution < 1.29 is 0 Å². The molecule has 0 unspecified atom stereocenters. The Morgan fingerprint density at radius 2 is 1.90 bits per heavy atom. The quantitative estimate of drug-likeness (QED) is 0.539. The highest BCUT2D eigenvalue weighted by Crippen LogP contribution is 2.11. The molecule has 102 valence electrons. The van der Waals surface area contributed by atoms with Gasteiger partial charge in [-0.2, -0.15) is 0 Å². The maximum atomic E-state index is 12.4. The van der Waals surface area contributed by atoms with Crippen molar-refractivity contribution in [1.82, 2.24) is 9.38 Å². The van der Waals surface area contributed by atoms with Gasteiger partial charge in [0.05, 0.1) is 15.4 Å². The first kappa shape index (κ1) is 12.4. The molecule has 0 aliphatic heterocycles. The second-order valence-corrected chi connectivity index (χ2v) is 6.47. The zero-order valence-electron chi connectivity index (χ0n) is 10.6.